The first-order valence-corrected chi connectivity index (χ1v) is 6.93. The van der Waals surface area contributed by atoms with Gasteiger partial charge in [0.2, 0.25) is 0 Å². The Hall–Kier alpha value is -1.06. The number of hydrogen-bond acceptors (Lipinski definition) is 3. The molecular formula is C15H23NO2. The summed E-state index contributed by atoms with van der Waals surface area (Å²) in [7, 11) is 0. The molecule has 1 atom stereocenters. The lowest BCUT2D eigenvalue weighted by atomic mass is 10.1. The predicted molar refractivity (Wildman–Crippen MR) is 72.8 cm³/mol. The molecule has 1 aromatic carbocycles. The first kappa shape index (κ1) is 13.4. The predicted octanol–water partition coefficient (Wildman–Crippen LogP) is 2.65. The average Bonchev–Trinajstić information content (AvgIpc) is 2.89. The summed E-state index contributed by atoms with van der Waals surface area (Å²) in [6, 6.07) is 8.58. The fourth-order valence-electron chi connectivity index (χ4n) is 2.62. The second-order valence-electron chi connectivity index (χ2n) is 4.89. The standard InChI is InChI=1S/C15H23NO2/c1-2-18-14-9-5-6-12(10-14)15(11-17)16-13-7-3-4-8-13/h5-6,9-10,13,15-17H,2-4,7-8,11H2,1H3. The molecule has 3 heteroatoms. The van der Waals surface area contributed by atoms with Crippen molar-refractivity contribution in [2.24, 2.45) is 0 Å². The molecule has 1 aliphatic rings. The zero-order chi connectivity index (χ0) is 12.8. The maximum absolute atomic E-state index is 9.56. The van der Waals surface area contributed by atoms with Gasteiger partial charge in [-0.1, -0.05) is 25.0 Å². The normalized spacial score (nSPS) is 17.9. The van der Waals surface area contributed by atoms with Crippen molar-refractivity contribution in [3.05, 3.63) is 29.8 Å². The van der Waals surface area contributed by atoms with Crippen molar-refractivity contribution in [3.8, 4) is 5.75 Å². The summed E-state index contributed by atoms with van der Waals surface area (Å²) in [5, 5.41) is 13.1. The molecule has 1 aromatic rings. The maximum Gasteiger partial charge on any atom is 0.119 e. The molecule has 1 unspecified atom stereocenters. The second kappa shape index (κ2) is 6.76. The Morgan fingerprint density at radius 1 is 1.39 bits per heavy atom. The van der Waals surface area contributed by atoms with Crippen LogP contribution in [-0.2, 0) is 0 Å². The van der Waals surface area contributed by atoms with Crippen LogP contribution < -0.4 is 10.1 Å². The largest absolute Gasteiger partial charge is 0.494 e. The van der Waals surface area contributed by atoms with E-state index in [2.05, 4.69) is 5.32 Å². The van der Waals surface area contributed by atoms with E-state index < -0.39 is 0 Å². The van der Waals surface area contributed by atoms with Crippen molar-refractivity contribution in [1.82, 2.24) is 5.32 Å². The molecular weight excluding hydrogens is 226 g/mol. The smallest absolute Gasteiger partial charge is 0.119 e. The third-order valence-electron chi connectivity index (χ3n) is 3.55. The molecule has 18 heavy (non-hydrogen) atoms. The monoisotopic (exact) mass is 249 g/mol. The molecule has 100 valence electrons. The van der Waals surface area contributed by atoms with Crippen LogP contribution in [0.25, 0.3) is 0 Å². The molecule has 0 saturated heterocycles. The lowest BCUT2D eigenvalue weighted by Crippen LogP contribution is -2.32. The summed E-state index contributed by atoms with van der Waals surface area (Å²) in [5.41, 5.74) is 1.11. The van der Waals surface area contributed by atoms with Gasteiger partial charge in [-0.2, -0.15) is 0 Å². The molecule has 0 spiro atoms. The fraction of sp³-hybridized carbons (Fsp3) is 0.600. The SMILES string of the molecule is CCOc1cccc(C(CO)NC2CCCC2)c1. The van der Waals surface area contributed by atoms with Gasteiger partial charge in [-0.3, -0.25) is 0 Å². The minimum absolute atomic E-state index is 0.0218. The summed E-state index contributed by atoms with van der Waals surface area (Å²) in [6.07, 6.45) is 5.05. The summed E-state index contributed by atoms with van der Waals surface area (Å²) < 4.78 is 5.50. The molecule has 0 radical (unpaired) electrons. The minimum atomic E-state index is 0.0218. The van der Waals surface area contributed by atoms with Crippen LogP contribution in [0.15, 0.2) is 24.3 Å². The number of aliphatic hydroxyl groups excluding tert-OH is 1. The zero-order valence-electron chi connectivity index (χ0n) is 11.1. The molecule has 2 N–H and O–H groups in total. The van der Waals surface area contributed by atoms with Gasteiger partial charge in [-0.25, -0.2) is 0 Å². The van der Waals surface area contributed by atoms with Crippen LogP contribution in [0, 0.1) is 0 Å². The van der Waals surface area contributed by atoms with E-state index in [9.17, 15) is 5.11 Å². The van der Waals surface area contributed by atoms with Crippen molar-refractivity contribution in [1.29, 1.82) is 0 Å². The lowest BCUT2D eigenvalue weighted by Gasteiger charge is -2.22. The van der Waals surface area contributed by atoms with Crippen LogP contribution >= 0.6 is 0 Å². The molecule has 1 aliphatic carbocycles. The van der Waals surface area contributed by atoms with Gasteiger partial charge in [0.15, 0.2) is 0 Å². The number of benzene rings is 1. The van der Waals surface area contributed by atoms with Crippen LogP contribution in [0.1, 0.15) is 44.2 Å². The van der Waals surface area contributed by atoms with E-state index in [0.29, 0.717) is 12.6 Å². The third kappa shape index (κ3) is 3.47. The van der Waals surface area contributed by atoms with Crippen LogP contribution in [0.4, 0.5) is 0 Å². The highest BCUT2D eigenvalue weighted by atomic mass is 16.5. The Labute approximate surface area is 109 Å². The highest BCUT2D eigenvalue weighted by molar-refractivity contribution is 5.30. The van der Waals surface area contributed by atoms with Crippen LogP contribution in [0.2, 0.25) is 0 Å². The molecule has 2 rings (SSSR count). The van der Waals surface area contributed by atoms with E-state index in [0.717, 1.165) is 11.3 Å². The maximum atomic E-state index is 9.56. The summed E-state index contributed by atoms with van der Waals surface area (Å²) in [6.45, 7) is 2.78. The van der Waals surface area contributed by atoms with Crippen molar-refractivity contribution in [3.63, 3.8) is 0 Å². The first-order chi connectivity index (χ1) is 8.83. The summed E-state index contributed by atoms with van der Waals surface area (Å²) in [5.74, 6) is 0.877. The van der Waals surface area contributed by atoms with Gasteiger partial charge in [0, 0.05) is 6.04 Å². The molecule has 0 aliphatic heterocycles. The molecule has 0 aromatic heterocycles. The van der Waals surface area contributed by atoms with Crippen molar-refractivity contribution in [2.75, 3.05) is 13.2 Å². The van der Waals surface area contributed by atoms with Crippen molar-refractivity contribution >= 4 is 0 Å². The quantitative estimate of drug-likeness (QED) is 0.814. The summed E-state index contributed by atoms with van der Waals surface area (Å²) >= 11 is 0. The van der Waals surface area contributed by atoms with Crippen molar-refractivity contribution < 1.29 is 9.84 Å². The number of aliphatic hydroxyl groups is 1. The number of rotatable bonds is 6. The number of nitrogens with one attached hydrogen (secondary N) is 1. The van der Waals surface area contributed by atoms with E-state index >= 15 is 0 Å². The fourth-order valence-corrected chi connectivity index (χ4v) is 2.62. The Morgan fingerprint density at radius 2 is 2.17 bits per heavy atom. The lowest BCUT2D eigenvalue weighted by molar-refractivity contribution is 0.232. The van der Waals surface area contributed by atoms with E-state index in [1.54, 1.807) is 0 Å². The molecule has 0 amide bonds. The van der Waals surface area contributed by atoms with Gasteiger partial charge >= 0.3 is 0 Å². The van der Waals surface area contributed by atoms with Gasteiger partial charge < -0.3 is 15.2 Å². The van der Waals surface area contributed by atoms with E-state index in [-0.39, 0.29) is 12.6 Å². The van der Waals surface area contributed by atoms with Crippen LogP contribution in [0.3, 0.4) is 0 Å². The Bertz CT molecular complexity index is 361. The summed E-state index contributed by atoms with van der Waals surface area (Å²) in [4.78, 5) is 0. The molecule has 1 fully saturated rings. The number of ether oxygens (including phenoxy) is 1. The Morgan fingerprint density at radius 3 is 2.83 bits per heavy atom. The molecule has 0 bridgehead atoms. The van der Waals surface area contributed by atoms with Gasteiger partial charge in [0.05, 0.1) is 19.3 Å². The first-order valence-electron chi connectivity index (χ1n) is 6.93. The second-order valence-corrected chi connectivity index (χ2v) is 4.89. The zero-order valence-corrected chi connectivity index (χ0v) is 11.1. The average molecular weight is 249 g/mol. The minimum Gasteiger partial charge on any atom is -0.494 e. The van der Waals surface area contributed by atoms with Gasteiger partial charge in [0.25, 0.3) is 0 Å². The molecule has 3 nitrogen and oxygen atoms in total. The van der Waals surface area contributed by atoms with Gasteiger partial charge in [-0.05, 0) is 37.5 Å². The number of hydrogen-bond donors (Lipinski definition) is 2. The molecule has 1 saturated carbocycles. The van der Waals surface area contributed by atoms with Crippen molar-refractivity contribution in [2.45, 2.75) is 44.7 Å². The van der Waals surface area contributed by atoms with Gasteiger partial charge in [0.1, 0.15) is 5.75 Å². The van der Waals surface area contributed by atoms with Crippen LogP contribution in [0.5, 0.6) is 5.75 Å². The Kier molecular flexibility index (Phi) is 5.02. The van der Waals surface area contributed by atoms with E-state index in [1.165, 1.54) is 25.7 Å². The van der Waals surface area contributed by atoms with Gasteiger partial charge in [-0.15, -0.1) is 0 Å². The highest BCUT2D eigenvalue weighted by Crippen LogP contribution is 2.24. The Balaban J connectivity index is 2.03. The third-order valence-corrected chi connectivity index (χ3v) is 3.55. The molecule has 0 heterocycles. The van der Waals surface area contributed by atoms with E-state index in [1.807, 2.05) is 31.2 Å². The van der Waals surface area contributed by atoms with E-state index in [4.69, 9.17) is 4.74 Å². The topological polar surface area (TPSA) is 41.5 Å². The van der Waals surface area contributed by atoms with Crippen LogP contribution in [-0.4, -0.2) is 24.4 Å². The highest BCUT2D eigenvalue weighted by Gasteiger charge is 2.19.